The monoisotopic (exact) mass is 517 g/mol. The van der Waals surface area contributed by atoms with Gasteiger partial charge in [0.25, 0.3) is 0 Å². The average Bonchev–Trinajstić information content (AvgIpc) is 3.28. The number of guanidine groups is 1. The topological polar surface area (TPSA) is 65.7 Å². The minimum Gasteiger partial charge on any atom is -0.444 e. The number of aliphatic imine (C=N–C) groups is 1. The first-order valence-corrected chi connectivity index (χ1v) is 9.81. The van der Waals surface area contributed by atoms with E-state index in [-0.39, 0.29) is 30.0 Å². The highest BCUT2D eigenvalue weighted by Crippen LogP contribution is 2.26. The lowest BCUT2D eigenvalue weighted by molar-refractivity contribution is 0.245. The lowest BCUT2D eigenvalue weighted by Crippen LogP contribution is -2.42. The fourth-order valence-electron chi connectivity index (χ4n) is 3.41. The molecule has 1 saturated heterocycles. The molecule has 1 aliphatic heterocycles. The Morgan fingerprint density at radius 1 is 1.29 bits per heavy atom. The van der Waals surface area contributed by atoms with Crippen LogP contribution < -0.4 is 10.6 Å². The zero-order valence-electron chi connectivity index (χ0n) is 16.7. The molecular weight excluding hydrogens is 489 g/mol. The molecule has 0 aliphatic carbocycles. The SMILES string of the molecule is CN=C(NCc1nc(C)c(C)o1)NCC(c1cccc(Cl)c1)N1CCCC1.I. The molecule has 0 saturated carbocycles. The van der Waals surface area contributed by atoms with E-state index in [2.05, 4.69) is 37.6 Å². The largest absolute Gasteiger partial charge is 0.444 e. The van der Waals surface area contributed by atoms with Crippen LogP contribution in [0, 0.1) is 13.8 Å². The first-order valence-electron chi connectivity index (χ1n) is 9.43. The minimum absolute atomic E-state index is 0. The van der Waals surface area contributed by atoms with Gasteiger partial charge in [0.15, 0.2) is 5.96 Å². The van der Waals surface area contributed by atoms with Gasteiger partial charge in [0.2, 0.25) is 5.89 Å². The van der Waals surface area contributed by atoms with Crippen molar-refractivity contribution in [3.8, 4) is 0 Å². The second-order valence-electron chi connectivity index (χ2n) is 6.87. The number of hydrogen-bond donors (Lipinski definition) is 2. The van der Waals surface area contributed by atoms with Gasteiger partial charge in [-0.25, -0.2) is 4.98 Å². The van der Waals surface area contributed by atoms with E-state index in [0.29, 0.717) is 12.4 Å². The second-order valence-corrected chi connectivity index (χ2v) is 7.31. The molecule has 2 heterocycles. The number of benzene rings is 1. The summed E-state index contributed by atoms with van der Waals surface area (Å²) in [5, 5.41) is 7.49. The first kappa shape index (κ1) is 23.0. The number of hydrogen-bond acceptors (Lipinski definition) is 4. The van der Waals surface area contributed by atoms with Crippen molar-refractivity contribution in [2.45, 2.75) is 39.3 Å². The van der Waals surface area contributed by atoms with E-state index in [1.165, 1.54) is 18.4 Å². The average molecular weight is 518 g/mol. The van der Waals surface area contributed by atoms with Gasteiger partial charge in [-0.15, -0.1) is 24.0 Å². The van der Waals surface area contributed by atoms with Crippen LogP contribution >= 0.6 is 35.6 Å². The van der Waals surface area contributed by atoms with Gasteiger partial charge in [-0.2, -0.15) is 0 Å². The van der Waals surface area contributed by atoms with Crippen molar-refractivity contribution in [1.29, 1.82) is 0 Å². The molecule has 1 fully saturated rings. The molecule has 3 rings (SSSR count). The molecule has 0 amide bonds. The van der Waals surface area contributed by atoms with Gasteiger partial charge in [0, 0.05) is 18.6 Å². The Balaban J connectivity index is 0.00000280. The quantitative estimate of drug-likeness (QED) is 0.344. The van der Waals surface area contributed by atoms with Crippen molar-refractivity contribution in [2.24, 2.45) is 4.99 Å². The Morgan fingerprint density at radius 3 is 2.64 bits per heavy atom. The van der Waals surface area contributed by atoms with Crippen LogP contribution in [0.2, 0.25) is 5.02 Å². The molecule has 1 aromatic carbocycles. The smallest absolute Gasteiger partial charge is 0.214 e. The Hall–Kier alpha value is -1.32. The summed E-state index contributed by atoms with van der Waals surface area (Å²) >= 11 is 6.23. The van der Waals surface area contributed by atoms with E-state index in [1.54, 1.807) is 7.05 Å². The van der Waals surface area contributed by atoms with Crippen molar-refractivity contribution < 1.29 is 4.42 Å². The molecule has 1 atom stereocenters. The number of aryl methyl sites for hydroxylation is 2. The summed E-state index contributed by atoms with van der Waals surface area (Å²) in [6, 6.07) is 8.39. The lowest BCUT2D eigenvalue weighted by Gasteiger charge is -2.29. The third kappa shape index (κ3) is 6.09. The Bertz CT molecular complexity index is 769. The van der Waals surface area contributed by atoms with Crippen LogP contribution in [0.25, 0.3) is 0 Å². The summed E-state index contributed by atoms with van der Waals surface area (Å²) in [7, 11) is 1.77. The third-order valence-corrected chi connectivity index (χ3v) is 5.22. The Labute approximate surface area is 189 Å². The van der Waals surface area contributed by atoms with Crippen molar-refractivity contribution >= 4 is 41.5 Å². The Morgan fingerprint density at radius 2 is 2.04 bits per heavy atom. The first-order chi connectivity index (χ1) is 13.1. The summed E-state index contributed by atoms with van der Waals surface area (Å²) in [6.45, 7) is 7.34. The van der Waals surface area contributed by atoms with Gasteiger partial charge < -0.3 is 15.1 Å². The predicted molar refractivity (Wildman–Crippen MR) is 125 cm³/mol. The molecule has 154 valence electrons. The lowest BCUT2D eigenvalue weighted by atomic mass is 10.1. The van der Waals surface area contributed by atoms with Crippen molar-refractivity contribution in [3.63, 3.8) is 0 Å². The van der Waals surface area contributed by atoms with Crippen molar-refractivity contribution in [2.75, 3.05) is 26.7 Å². The zero-order valence-corrected chi connectivity index (χ0v) is 19.8. The maximum atomic E-state index is 6.23. The molecule has 1 unspecified atom stereocenters. The third-order valence-electron chi connectivity index (χ3n) is 4.98. The van der Waals surface area contributed by atoms with Gasteiger partial charge in [0.05, 0.1) is 18.3 Å². The van der Waals surface area contributed by atoms with Crippen LogP contribution in [0.1, 0.15) is 41.8 Å². The molecule has 6 nitrogen and oxygen atoms in total. The van der Waals surface area contributed by atoms with E-state index < -0.39 is 0 Å². The molecular formula is C20H29ClIN5O. The van der Waals surface area contributed by atoms with E-state index >= 15 is 0 Å². The highest BCUT2D eigenvalue weighted by Gasteiger charge is 2.24. The fourth-order valence-corrected chi connectivity index (χ4v) is 3.61. The number of nitrogens with zero attached hydrogens (tertiary/aromatic N) is 3. The summed E-state index contributed by atoms with van der Waals surface area (Å²) in [5.74, 6) is 2.25. The van der Waals surface area contributed by atoms with Crippen LogP contribution in [0.15, 0.2) is 33.7 Å². The number of nitrogens with one attached hydrogen (secondary N) is 2. The molecule has 1 aromatic heterocycles. The molecule has 8 heteroatoms. The summed E-state index contributed by atoms with van der Waals surface area (Å²) in [4.78, 5) is 11.2. The van der Waals surface area contributed by atoms with E-state index in [4.69, 9.17) is 16.0 Å². The van der Waals surface area contributed by atoms with Gasteiger partial charge in [-0.3, -0.25) is 9.89 Å². The van der Waals surface area contributed by atoms with Gasteiger partial charge in [-0.05, 0) is 57.5 Å². The van der Waals surface area contributed by atoms with Gasteiger partial charge >= 0.3 is 0 Å². The van der Waals surface area contributed by atoms with Gasteiger partial charge in [0.1, 0.15) is 5.76 Å². The number of rotatable bonds is 6. The maximum absolute atomic E-state index is 6.23. The highest BCUT2D eigenvalue weighted by molar-refractivity contribution is 14.0. The maximum Gasteiger partial charge on any atom is 0.214 e. The molecule has 2 N–H and O–H groups in total. The molecule has 0 radical (unpaired) electrons. The summed E-state index contributed by atoms with van der Waals surface area (Å²) < 4.78 is 5.62. The molecule has 0 bridgehead atoms. The summed E-state index contributed by atoms with van der Waals surface area (Å²) in [5.41, 5.74) is 2.15. The summed E-state index contributed by atoms with van der Waals surface area (Å²) in [6.07, 6.45) is 2.49. The standard InChI is InChI=1S/C20H28ClN5O.HI/c1-14-15(2)27-19(25-14)13-24-20(22-3)23-12-18(26-9-4-5-10-26)16-7-6-8-17(21)11-16;/h6-8,11,18H,4-5,9-10,12-13H2,1-3H3,(H2,22,23,24);1H. The fraction of sp³-hybridized carbons (Fsp3) is 0.500. The Kier molecular flexibility index (Phi) is 9.04. The van der Waals surface area contributed by atoms with Gasteiger partial charge in [-0.1, -0.05) is 23.7 Å². The van der Waals surface area contributed by atoms with Crippen molar-refractivity contribution in [1.82, 2.24) is 20.5 Å². The van der Waals surface area contributed by atoms with Crippen molar-refractivity contribution in [3.05, 3.63) is 52.2 Å². The number of oxazole rings is 1. The zero-order chi connectivity index (χ0) is 19.2. The number of aromatic nitrogens is 1. The van der Waals surface area contributed by atoms with E-state index in [9.17, 15) is 0 Å². The normalized spacial score (nSPS) is 15.9. The van der Waals surface area contributed by atoms with Crippen LogP contribution in [0.5, 0.6) is 0 Å². The van der Waals surface area contributed by atoms with Crippen LogP contribution in [-0.4, -0.2) is 42.5 Å². The molecule has 28 heavy (non-hydrogen) atoms. The molecule has 2 aromatic rings. The number of likely N-dealkylation sites (tertiary alicyclic amines) is 1. The van der Waals surface area contributed by atoms with Crippen LogP contribution in [0.4, 0.5) is 0 Å². The molecule has 0 spiro atoms. The van der Waals surface area contributed by atoms with E-state index in [1.807, 2.05) is 26.0 Å². The number of halogens is 2. The second kappa shape index (κ2) is 11.0. The minimum atomic E-state index is 0. The molecule has 1 aliphatic rings. The van der Waals surface area contributed by atoms with E-state index in [0.717, 1.165) is 42.1 Å². The van der Waals surface area contributed by atoms with Crippen LogP contribution in [0.3, 0.4) is 0 Å². The highest BCUT2D eigenvalue weighted by atomic mass is 127. The predicted octanol–water partition coefficient (Wildman–Crippen LogP) is 4.06. The van der Waals surface area contributed by atoms with Crippen LogP contribution in [-0.2, 0) is 6.54 Å².